The fourth-order valence-corrected chi connectivity index (χ4v) is 3.19. The van der Waals surface area contributed by atoms with Crippen molar-refractivity contribution < 1.29 is 31.2 Å². The molecule has 0 saturated carbocycles. The van der Waals surface area contributed by atoms with Gasteiger partial charge >= 0.3 is 11.8 Å². The summed E-state index contributed by atoms with van der Waals surface area (Å²) < 4.78 is 75.0. The third kappa shape index (κ3) is 3.73. The van der Waals surface area contributed by atoms with Crippen LogP contribution in [0.3, 0.4) is 0 Å². The topological polar surface area (TPSA) is 83.3 Å². The van der Waals surface area contributed by atoms with Gasteiger partial charge in [-0.15, -0.1) is 0 Å². The molecule has 1 unspecified atom stereocenters. The van der Waals surface area contributed by atoms with Crippen molar-refractivity contribution in [3.63, 3.8) is 0 Å². The number of halogens is 5. The molecular formula is C19H16F5N5O2. The minimum absolute atomic E-state index is 0.0350. The van der Waals surface area contributed by atoms with Crippen LogP contribution in [0.5, 0.6) is 0 Å². The Morgan fingerprint density at radius 1 is 1.23 bits per heavy atom. The van der Waals surface area contributed by atoms with Crippen molar-refractivity contribution in [3.8, 4) is 0 Å². The molecule has 0 aliphatic carbocycles. The molecular weight excluding hydrogens is 425 g/mol. The highest BCUT2D eigenvalue weighted by atomic mass is 19.3. The number of furan rings is 1. The van der Waals surface area contributed by atoms with E-state index in [0.717, 1.165) is 32.5 Å². The van der Waals surface area contributed by atoms with Crippen molar-refractivity contribution in [1.29, 1.82) is 0 Å². The van der Waals surface area contributed by atoms with Crippen molar-refractivity contribution in [2.45, 2.75) is 25.6 Å². The van der Waals surface area contributed by atoms with Gasteiger partial charge in [0.15, 0.2) is 17.2 Å². The highest BCUT2D eigenvalue weighted by Gasteiger charge is 2.49. The molecule has 1 saturated heterocycles. The number of benzene rings is 1. The first-order valence-electron chi connectivity index (χ1n) is 9.21. The molecule has 2 amide bonds. The van der Waals surface area contributed by atoms with Crippen LogP contribution in [0.1, 0.15) is 17.7 Å². The second-order valence-corrected chi connectivity index (χ2v) is 7.02. The van der Waals surface area contributed by atoms with Crippen molar-refractivity contribution >= 4 is 28.6 Å². The third-order valence-corrected chi connectivity index (χ3v) is 4.92. The number of hydrogen-bond donors (Lipinski definition) is 2. The third-order valence-electron chi connectivity index (χ3n) is 4.92. The van der Waals surface area contributed by atoms with Gasteiger partial charge in [0.1, 0.15) is 5.82 Å². The summed E-state index contributed by atoms with van der Waals surface area (Å²) in [7, 11) is 0. The van der Waals surface area contributed by atoms with E-state index >= 15 is 4.39 Å². The summed E-state index contributed by atoms with van der Waals surface area (Å²) in [6.07, 6.45) is -0.286. The smallest absolute Gasteiger partial charge is 0.322 e. The zero-order chi connectivity index (χ0) is 22.3. The van der Waals surface area contributed by atoms with Crippen LogP contribution in [0.25, 0.3) is 11.0 Å². The number of hydrogen-bond acceptors (Lipinski definition) is 5. The molecule has 1 atom stereocenters. The summed E-state index contributed by atoms with van der Waals surface area (Å²) in [6.45, 7) is 2.75. The number of nitrogens with one attached hydrogen (secondary N) is 2. The zero-order valence-corrected chi connectivity index (χ0v) is 16.1. The molecule has 2 aromatic heterocycles. The van der Waals surface area contributed by atoms with Crippen LogP contribution < -0.4 is 15.5 Å². The highest BCUT2D eigenvalue weighted by molar-refractivity contribution is 5.90. The lowest BCUT2D eigenvalue weighted by Gasteiger charge is -2.30. The van der Waals surface area contributed by atoms with Crippen LogP contribution in [0.15, 0.2) is 28.9 Å². The van der Waals surface area contributed by atoms with Crippen molar-refractivity contribution in [1.82, 2.24) is 15.3 Å². The maximum absolute atomic E-state index is 15.3. The van der Waals surface area contributed by atoms with Gasteiger partial charge in [-0.2, -0.15) is 0 Å². The number of fused-ring (bicyclic) bond motifs is 1. The van der Waals surface area contributed by atoms with E-state index < -0.39 is 41.2 Å². The lowest BCUT2D eigenvalue weighted by atomic mass is 10.1. The number of aromatic nitrogens is 2. The Bertz CT molecular complexity index is 1130. The van der Waals surface area contributed by atoms with Gasteiger partial charge in [0.05, 0.1) is 18.1 Å². The predicted molar refractivity (Wildman–Crippen MR) is 101 cm³/mol. The molecule has 3 heterocycles. The first-order valence-corrected chi connectivity index (χ1v) is 9.21. The van der Waals surface area contributed by atoms with Crippen LogP contribution in [-0.2, 0) is 5.79 Å². The lowest BCUT2D eigenvalue weighted by molar-refractivity contribution is -0.0664. The van der Waals surface area contributed by atoms with Crippen molar-refractivity contribution in [2.24, 2.45) is 0 Å². The number of anilines is 2. The maximum atomic E-state index is 15.3. The first kappa shape index (κ1) is 20.8. The van der Waals surface area contributed by atoms with Crippen molar-refractivity contribution in [2.75, 3.05) is 23.3 Å². The maximum Gasteiger partial charge on any atom is 0.322 e. The van der Waals surface area contributed by atoms with Gasteiger partial charge in [-0.3, -0.25) is 5.32 Å². The Kier molecular flexibility index (Phi) is 5.15. The molecule has 7 nitrogen and oxygen atoms in total. The summed E-state index contributed by atoms with van der Waals surface area (Å²) in [5.41, 5.74) is -0.847. The second kappa shape index (κ2) is 7.67. The van der Waals surface area contributed by atoms with Gasteiger partial charge in [-0.1, -0.05) is 0 Å². The molecule has 164 valence electrons. The molecule has 3 aromatic rings. The van der Waals surface area contributed by atoms with Crippen LogP contribution >= 0.6 is 0 Å². The minimum atomic E-state index is -3.81. The SMILES string of the molecule is Cc1c(C(F)(NC(=O)Nc2cnc(N3CCC3)nc2)C(F)F)oc2c(F)cc(F)cc12. The van der Waals surface area contributed by atoms with E-state index in [0.29, 0.717) is 12.0 Å². The highest BCUT2D eigenvalue weighted by Crippen LogP contribution is 2.39. The number of rotatable bonds is 5. The van der Waals surface area contributed by atoms with Crippen LogP contribution in [0.4, 0.5) is 38.4 Å². The van der Waals surface area contributed by atoms with Gasteiger partial charge in [-0.25, -0.2) is 36.7 Å². The van der Waals surface area contributed by atoms with Gasteiger partial charge in [0, 0.05) is 30.1 Å². The number of urea groups is 1. The average molecular weight is 441 g/mol. The van der Waals surface area contributed by atoms with E-state index in [-0.39, 0.29) is 16.6 Å². The van der Waals surface area contributed by atoms with E-state index in [2.05, 4.69) is 15.3 Å². The van der Waals surface area contributed by atoms with Gasteiger partial charge in [0.25, 0.3) is 6.43 Å². The Hall–Kier alpha value is -3.44. The number of nitrogens with zero attached hydrogens (tertiary/aromatic N) is 3. The quantitative estimate of drug-likeness (QED) is 0.458. The van der Waals surface area contributed by atoms with E-state index in [4.69, 9.17) is 4.42 Å². The Morgan fingerprint density at radius 2 is 1.90 bits per heavy atom. The standard InChI is InChI=1S/C19H16F5N5O2/c1-9-12-5-10(20)6-13(21)14(12)31-15(9)19(24,16(22)23)28-18(30)27-11-7-25-17(26-8-11)29-3-2-4-29/h5-8,16H,2-4H2,1H3,(H2,27,28,30). The average Bonchev–Trinajstić information content (AvgIpc) is 2.99. The summed E-state index contributed by atoms with van der Waals surface area (Å²) in [6, 6.07) is -0.0417. The van der Waals surface area contributed by atoms with Crippen molar-refractivity contribution in [3.05, 3.63) is 47.5 Å². The monoisotopic (exact) mass is 441 g/mol. The number of amides is 2. The molecule has 0 spiro atoms. The number of carbonyl (C=O) groups is 1. The van der Waals surface area contributed by atoms with Gasteiger partial charge in [-0.05, 0) is 19.4 Å². The lowest BCUT2D eigenvalue weighted by Crippen LogP contribution is -2.49. The molecule has 1 aliphatic rings. The Labute approximate surface area is 172 Å². The van der Waals surface area contributed by atoms with Gasteiger partial charge in [0.2, 0.25) is 5.95 Å². The minimum Gasteiger partial charge on any atom is -0.452 e. The van der Waals surface area contributed by atoms with Crippen LogP contribution in [0.2, 0.25) is 0 Å². The molecule has 2 N–H and O–H groups in total. The molecule has 31 heavy (non-hydrogen) atoms. The summed E-state index contributed by atoms with van der Waals surface area (Å²) in [5, 5.41) is 3.44. The van der Waals surface area contributed by atoms with Gasteiger partial charge < -0.3 is 14.6 Å². The summed E-state index contributed by atoms with van der Waals surface area (Å²) >= 11 is 0. The van der Waals surface area contributed by atoms with E-state index in [9.17, 15) is 22.4 Å². The van der Waals surface area contributed by atoms with Crippen LogP contribution in [-0.4, -0.2) is 35.5 Å². The molecule has 12 heteroatoms. The second-order valence-electron chi connectivity index (χ2n) is 7.02. The summed E-state index contributed by atoms with van der Waals surface area (Å²) in [5.74, 6) is -6.59. The zero-order valence-electron chi connectivity index (χ0n) is 16.1. The Morgan fingerprint density at radius 3 is 2.48 bits per heavy atom. The fraction of sp³-hybridized carbons (Fsp3) is 0.316. The molecule has 0 radical (unpaired) electrons. The Balaban J connectivity index is 1.58. The molecule has 0 bridgehead atoms. The molecule has 4 rings (SSSR count). The molecule has 1 aromatic carbocycles. The summed E-state index contributed by atoms with van der Waals surface area (Å²) in [4.78, 5) is 22.2. The normalized spacial score (nSPS) is 15.6. The van der Waals surface area contributed by atoms with E-state index in [1.54, 1.807) is 0 Å². The molecule has 1 fully saturated rings. The first-order chi connectivity index (χ1) is 14.7. The fourth-order valence-electron chi connectivity index (χ4n) is 3.19. The largest absolute Gasteiger partial charge is 0.452 e. The van der Waals surface area contributed by atoms with E-state index in [1.807, 2.05) is 4.90 Å². The van der Waals surface area contributed by atoms with Crippen LogP contribution in [0, 0.1) is 18.6 Å². The predicted octanol–water partition coefficient (Wildman–Crippen LogP) is 4.23. The van der Waals surface area contributed by atoms with E-state index in [1.165, 1.54) is 17.7 Å². The number of carbonyl (C=O) groups excluding carboxylic acids is 1. The number of alkyl halides is 3. The molecule has 1 aliphatic heterocycles. The number of aryl methyl sites for hydroxylation is 1.